The smallest absolute Gasteiger partial charge is 0.291 e. The molecule has 10 heteroatoms. The van der Waals surface area contributed by atoms with Gasteiger partial charge in [0.25, 0.3) is 17.7 Å². The number of thioether (sulfide) groups is 1. The van der Waals surface area contributed by atoms with E-state index in [4.69, 9.17) is 9.15 Å². The van der Waals surface area contributed by atoms with Crippen LogP contribution in [-0.2, 0) is 9.59 Å². The quantitative estimate of drug-likeness (QED) is 0.233. The van der Waals surface area contributed by atoms with Gasteiger partial charge >= 0.3 is 0 Å². The third kappa shape index (κ3) is 5.36. The summed E-state index contributed by atoms with van der Waals surface area (Å²) in [5.74, 6) is -0.551. The summed E-state index contributed by atoms with van der Waals surface area (Å²) in [7, 11) is 1.54. The highest BCUT2D eigenvalue weighted by Crippen LogP contribution is 2.39. The van der Waals surface area contributed by atoms with E-state index >= 15 is 0 Å². The van der Waals surface area contributed by atoms with Crippen LogP contribution in [0.5, 0.6) is 5.75 Å². The minimum atomic E-state index is -0.479. The first-order valence-corrected chi connectivity index (χ1v) is 13.0. The van der Waals surface area contributed by atoms with E-state index in [1.807, 2.05) is 12.1 Å². The molecule has 8 nitrogen and oxygen atoms in total. The van der Waals surface area contributed by atoms with Gasteiger partial charge in [-0.15, -0.1) is 0 Å². The minimum Gasteiger partial charge on any atom is -0.497 e. The number of hydrogen-bond donors (Lipinski definition) is 2. The molecule has 3 aromatic carbocycles. The van der Waals surface area contributed by atoms with Crippen molar-refractivity contribution in [3.05, 3.63) is 112 Å². The Kier molecular flexibility index (Phi) is 7.34. The van der Waals surface area contributed by atoms with Crippen LogP contribution < -0.4 is 20.3 Å². The summed E-state index contributed by atoms with van der Waals surface area (Å²) >= 11 is 4.54. The number of anilines is 3. The van der Waals surface area contributed by atoms with Crippen molar-refractivity contribution < 1.29 is 23.5 Å². The number of rotatable bonds is 8. The summed E-state index contributed by atoms with van der Waals surface area (Å²) in [6, 6.07) is 24.2. The topological polar surface area (TPSA) is 101 Å². The number of furan rings is 1. The zero-order valence-corrected chi connectivity index (χ0v) is 22.3. The highest BCUT2D eigenvalue weighted by Gasteiger charge is 2.40. The van der Waals surface area contributed by atoms with Crippen LogP contribution in [0.25, 0.3) is 0 Å². The molecule has 0 atom stereocenters. The van der Waals surface area contributed by atoms with Crippen molar-refractivity contribution in [2.75, 3.05) is 22.6 Å². The van der Waals surface area contributed by atoms with E-state index in [-0.39, 0.29) is 16.4 Å². The lowest BCUT2D eigenvalue weighted by Gasteiger charge is -2.15. The minimum absolute atomic E-state index is 0.156. The number of benzene rings is 3. The molecule has 0 saturated carbocycles. The highest BCUT2D eigenvalue weighted by molar-refractivity contribution is 9.10. The molecular formula is C28H20BrN3O5S. The lowest BCUT2D eigenvalue weighted by atomic mass is 10.2. The Morgan fingerprint density at radius 1 is 0.921 bits per heavy atom. The van der Waals surface area contributed by atoms with Gasteiger partial charge < -0.3 is 19.8 Å². The molecule has 0 radical (unpaired) electrons. The van der Waals surface area contributed by atoms with E-state index in [1.165, 1.54) is 6.26 Å². The van der Waals surface area contributed by atoms with Gasteiger partial charge in [-0.1, -0.05) is 33.8 Å². The predicted molar refractivity (Wildman–Crippen MR) is 149 cm³/mol. The van der Waals surface area contributed by atoms with Gasteiger partial charge in [0.2, 0.25) is 0 Å². The number of nitrogens with zero attached hydrogens (tertiary/aromatic N) is 1. The molecule has 1 aliphatic rings. The van der Waals surface area contributed by atoms with Gasteiger partial charge in [-0.05, 0) is 78.9 Å². The SMILES string of the molecule is COc1ccc(N2C(=O)C(Nc3ccc(Br)cc3)=C(Sc3cccc(NC(=O)c4ccco4)c3)C2=O)cc1. The maximum atomic E-state index is 13.6. The van der Waals surface area contributed by atoms with Crippen molar-refractivity contribution in [3.63, 3.8) is 0 Å². The third-order valence-electron chi connectivity index (χ3n) is 5.54. The van der Waals surface area contributed by atoms with Crippen molar-refractivity contribution in [2.24, 2.45) is 0 Å². The van der Waals surface area contributed by atoms with Crippen LogP contribution >= 0.6 is 27.7 Å². The average molecular weight is 590 g/mol. The molecule has 3 amide bonds. The van der Waals surface area contributed by atoms with Gasteiger partial charge in [-0.3, -0.25) is 14.4 Å². The molecule has 2 N–H and O–H groups in total. The van der Waals surface area contributed by atoms with E-state index in [0.29, 0.717) is 27.7 Å². The Labute approximate surface area is 230 Å². The van der Waals surface area contributed by atoms with Gasteiger partial charge in [-0.25, -0.2) is 4.90 Å². The number of ether oxygens (including phenoxy) is 1. The number of hydrogen-bond acceptors (Lipinski definition) is 7. The summed E-state index contributed by atoms with van der Waals surface area (Å²) in [5, 5.41) is 5.90. The van der Waals surface area contributed by atoms with Crippen LogP contribution in [0.1, 0.15) is 10.6 Å². The van der Waals surface area contributed by atoms with Crippen LogP contribution in [0, 0.1) is 0 Å². The van der Waals surface area contributed by atoms with E-state index in [0.717, 1.165) is 21.1 Å². The summed E-state index contributed by atoms with van der Waals surface area (Å²) in [5.41, 5.74) is 1.75. The number of carbonyl (C=O) groups is 3. The fourth-order valence-corrected chi connectivity index (χ4v) is 4.97. The molecule has 1 aliphatic heterocycles. The Bertz CT molecular complexity index is 1530. The van der Waals surface area contributed by atoms with Gasteiger partial charge in [0.1, 0.15) is 16.4 Å². The second-order valence-corrected chi connectivity index (χ2v) is 10.0. The highest BCUT2D eigenvalue weighted by atomic mass is 79.9. The molecule has 0 aliphatic carbocycles. The van der Waals surface area contributed by atoms with Crippen molar-refractivity contribution >= 4 is 62.5 Å². The summed E-state index contributed by atoms with van der Waals surface area (Å²) in [4.78, 5) is 41.6. The fraction of sp³-hybridized carbons (Fsp3) is 0.0357. The second kappa shape index (κ2) is 11.0. The fourth-order valence-electron chi connectivity index (χ4n) is 3.71. The first-order chi connectivity index (χ1) is 18.4. The molecule has 2 heterocycles. The number of halogens is 1. The number of amides is 3. The van der Waals surface area contributed by atoms with E-state index < -0.39 is 17.7 Å². The summed E-state index contributed by atoms with van der Waals surface area (Å²) in [6.07, 6.45) is 1.42. The summed E-state index contributed by atoms with van der Waals surface area (Å²) in [6.45, 7) is 0. The van der Waals surface area contributed by atoms with Gasteiger partial charge in [-0.2, -0.15) is 0 Å². The zero-order valence-electron chi connectivity index (χ0n) is 19.9. The monoisotopic (exact) mass is 589 g/mol. The van der Waals surface area contributed by atoms with Crippen molar-refractivity contribution in [1.29, 1.82) is 0 Å². The zero-order chi connectivity index (χ0) is 26.6. The molecule has 0 unspecified atom stereocenters. The average Bonchev–Trinajstić information content (AvgIpc) is 3.54. The molecule has 1 aromatic heterocycles. The van der Waals surface area contributed by atoms with Crippen LogP contribution in [-0.4, -0.2) is 24.8 Å². The molecule has 0 bridgehead atoms. The van der Waals surface area contributed by atoms with Crippen LogP contribution in [0.2, 0.25) is 0 Å². The van der Waals surface area contributed by atoms with Crippen molar-refractivity contribution in [3.8, 4) is 5.75 Å². The van der Waals surface area contributed by atoms with E-state index in [2.05, 4.69) is 26.6 Å². The Morgan fingerprint density at radius 2 is 1.68 bits per heavy atom. The Hall–Kier alpha value is -4.28. The molecule has 5 rings (SSSR count). The molecule has 4 aromatic rings. The first kappa shape index (κ1) is 25.4. The van der Waals surface area contributed by atoms with E-state index in [1.54, 1.807) is 79.9 Å². The van der Waals surface area contributed by atoms with Crippen LogP contribution in [0.3, 0.4) is 0 Å². The second-order valence-electron chi connectivity index (χ2n) is 8.04. The van der Waals surface area contributed by atoms with Crippen molar-refractivity contribution in [1.82, 2.24) is 0 Å². The first-order valence-electron chi connectivity index (χ1n) is 11.4. The number of imide groups is 1. The lowest BCUT2D eigenvalue weighted by Crippen LogP contribution is -2.32. The van der Waals surface area contributed by atoms with Crippen LogP contribution in [0.4, 0.5) is 17.1 Å². The number of methoxy groups -OCH3 is 1. The maximum Gasteiger partial charge on any atom is 0.291 e. The van der Waals surface area contributed by atoms with Crippen LogP contribution in [0.15, 0.2) is 116 Å². The molecule has 38 heavy (non-hydrogen) atoms. The van der Waals surface area contributed by atoms with E-state index in [9.17, 15) is 14.4 Å². The maximum absolute atomic E-state index is 13.6. The molecule has 190 valence electrons. The molecular weight excluding hydrogens is 570 g/mol. The summed E-state index contributed by atoms with van der Waals surface area (Å²) < 4.78 is 11.2. The number of carbonyl (C=O) groups excluding carboxylic acids is 3. The normalized spacial score (nSPS) is 13.2. The third-order valence-corrected chi connectivity index (χ3v) is 7.14. The number of nitrogens with one attached hydrogen (secondary N) is 2. The van der Waals surface area contributed by atoms with Gasteiger partial charge in [0, 0.05) is 20.7 Å². The largest absolute Gasteiger partial charge is 0.497 e. The lowest BCUT2D eigenvalue weighted by molar-refractivity contribution is -0.120. The van der Waals surface area contributed by atoms with Gasteiger partial charge in [0.05, 0.1) is 19.1 Å². The standard InChI is InChI=1S/C28H20BrN3O5S/c1-36-21-13-11-20(12-14-21)32-27(34)24(30-18-9-7-17(29)8-10-18)25(28(32)35)38-22-5-2-4-19(16-22)31-26(33)23-6-3-15-37-23/h2-16,30H,1H3,(H,31,33). The Morgan fingerprint density at radius 3 is 2.37 bits per heavy atom. The molecule has 0 spiro atoms. The van der Waals surface area contributed by atoms with Crippen molar-refractivity contribution in [2.45, 2.75) is 4.90 Å². The molecule has 0 saturated heterocycles. The molecule has 0 fully saturated rings. The predicted octanol–water partition coefficient (Wildman–Crippen LogP) is 6.29. The van der Waals surface area contributed by atoms with Gasteiger partial charge in [0.15, 0.2) is 5.76 Å². The Balaban J connectivity index is 1.46.